The standard InChI is InChI=1S/C19H20N2O2/c1-14-15(2)21(12-17-8-3-5-9-18(17)22)13-23-19-10-6-4-7-16(19)11-20-14/h3-12,14-15H,13H2,1-2H3/p+1. The summed E-state index contributed by atoms with van der Waals surface area (Å²) >= 11 is 0. The zero-order chi connectivity index (χ0) is 16.2. The van der Waals surface area contributed by atoms with Crippen molar-refractivity contribution in [2.75, 3.05) is 6.73 Å². The fourth-order valence-corrected chi connectivity index (χ4v) is 2.51. The lowest BCUT2D eigenvalue weighted by atomic mass is 10.1. The van der Waals surface area contributed by atoms with Gasteiger partial charge >= 0.3 is 0 Å². The molecule has 0 aliphatic carbocycles. The third-order valence-electron chi connectivity index (χ3n) is 4.20. The van der Waals surface area contributed by atoms with Gasteiger partial charge in [0, 0.05) is 11.8 Å². The molecule has 2 aromatic carbocycles. The Labute approximate surface area is 136 Å². The Balaban J connectivity index is 1.98. The molecule has 0 spiro atoms. The fraction of sp³-hybridized carbons (Fsp3) is 0.263. The number of para-hydroxylation sites is 2. The van der Waals surface area contributed by atoms with Crippen LogP contribution in [0.4, 0.5) is 0 Å². The van der Waals surface area contributed by atoms with Gasteiger partial charge < -0.3 is 9.84 Å². The van der Waals surface area contributed by atoms with Crippen LogP contribution in [0.1, 0.15) is 25.0 Å². The molecule has 1 aliphatic rings. The van der Waals surface area contributed by atoms with Crippen molar-refractivity contribution < 1.29 is 14.4 Å². The smallest absolute Gasteiger partial charge is 0.287 e. The maximum absolute atomic E-state index is 10.0. The average molecular weight is 309 g/mol. The topological polar surface area (TPSA) is 44.8 Å². The van der Waals surface area contributed by atoms with Gasteiger partial charge in [0.1, 0.15) is 17.5 Å². The van der Waals surface area contributed by atoms with E-state index in [2.05, 4.69) is 23.4 Å². The number of nitrogens with zero attached hydrogens (tertiary/aromatic N) is 2. The normalized spacial score (nSPS) is 22.6. The number of hydrogen-bond acceptors (Lipinski definition) is 3. The van der Waals surface area contributed by atoms with E-state index in [1.54, 1.807) is 6.07 Å². The lowest BCUT2D eigenvalue weighted by Crippen LogP contribution is -2.35. The zero-order valence-electron chi connectivity index (χ0n) is 13.4. The summed E-state index contributed by atoms with van der Waals surface area (Å²) in [5.41, 5.74) is 1.75. The first-order valence-electron chi connectivity index (χ1n) is 7.79. The van der Waals surface area contributed by atoms with Gasteiger partial charge in [-0.15, -0.1) is 0 Å². The van der Waals surface area contributed by atoms with Crippen LogP contribution >= 0.6 is 0 Å². The van der Waals surface area contributed by atoms with Crippen LogP contribution in [0.3, 0.4) is 0 Å². The van der Waals surface area contributed by atoms with Crippen molar-refractivity contribution in [2.45, 2.75) is 25.9 Å². The first-order chi connectivity index (χ1) is 11.1. The van der Waals surface area contributed by atoms with E-state index < -0.39 is 0 Å². The Morgan fingerprint density at radius 3 is 2.70 bits per heavy atom. The third kappa shape index (κ3) is 3.42. The SMILES string of the molecule is CC1N=Cc2ccccc2OC/[N+](=C\c2ccccc2O)C1C. The van der Waals surface area contributed by atoms with Gasteiger partial charge in [0.05, 0.1) is 5.56 Å². The molecule has 2 aromatic rings. The minimum Gasteiger partial charge on any atom is -0.507 e. The van der Waals surface area contributed by atoms with E-state index >= 15 is 0 Å². The predicted octanol–water partition coefficient (Wildman–Crippen LogP) is 3.07. The molecule has 2 unspecified atom stereocenters. The molecule has 118 valence electrons. The Morgan fingerprint density at radius 1 is 1.13 bits per heavy atom. The zero-order valence-corrected chi connectivity index (χ0v) is 13.4. The van der Waals surface area contributed by atoms with E-state index in [4.69, 9.17) is 4.74 Å². The number of ether oxygens (including phenoxy) is 1. The number of phenolic OH excluding ortho intramolecular Hbond substituents is 1. The Morgan fingerprint density at radius 2 is 1.87 bits per heavy atom. The van der Waals surface area contributed by atoms with Gasteiger partial charge in [0.25, 0.3) is 6.73 Å². The Kier molecular flexibility index (Phi) is 4.42. The van der Waals surface area contributed by atoms with E-state index in [-0.39, 0.29) is 17.8 Å². The van der Waals surface area contributed by atoms with Crippen molar-refractivity contribution in [3.63, 3.8) is 0 Å². The van der Waals surface area contributed by atoms with E-state index in [1.165, 1.54) is 0 Å². The molecule has 0 saturated carbocycles. The van der Waals surface area contributed by atoms with E-state index in [0.717, 1.165) is 16.9 Å². The molecule has 1 N–H and O–H groups in total. The van der Waals surface area contributed by atoms with Crippen LogP contribution in [0.5, 0.6) is 11.5 Å². The maximum atomic E-state index is 10.0. The first kappa shape index (κ1) is 15.3. The molecular formula is C19H21N2O2+. The van der Waals surface area contributed by atoms with Crippen LogP contribution < -0.4 is 4.74 Å². The van der Waals surface area contributed by atoms with Crippen molar-refractivity contribution in [3.05, 3.63) is 59.7 Å². The monoisotopic (exact) mass is 309 g/mol. The minimum absolute atomic E-state index is 0.104. The Bertz CT molecular complexity index is 753. The van der Waals surface area contributed by atoms with Crippen molar-refractivity contribution in [1.29, 1.82) is 0 Å². The minimum atomic E-state index is 0.104. The summed E-state index contributed by atoms with van der Waals surface area (Å²) in [5, 5.41) is 10.0. The Hall–Kier alpha value is -2.62. The molecule has 1 heterocycles. The summed E-state index contributed by atoms with van der Waals surface area (Å²) in [7, 11) is 0. The van der Waals surface area contributed by atoms with Gasteiger partial charge in [0.15, 0.2) is 12.3 Å². The van der Waals surface area contributed by atoms with E-state index in [9.17, 15) is 5.11 Å². The van der Waals surface area contributed by atoms with Crippen LogP contribution in [0.15, 0.2) is 53.5 Å². The summed E-state index contributed by atoms with van der Waals surface area (Å²) in [6, 6.07) is 15.4. The largest absolute Gasteiger partial charge is 0.507 e. The highest BCUT2D eigenvalue weighted by Crippen LogP contribution is 2.19. The fourth-order valence-electron chi connectivity index (χ4n) is 2.51. The van der Waals surface area contributed by atoms with Crippen molar-refractivity contribution in [2.24, 2.45) is 4.99 Å². The van der Waals surface area contributed by atoms with Crippen LogP contribution in [-0.2, 0) is 0 Å². The van der Waals surface area contributed by atoms with Gasteiger partial charge in [-0.25, -0.2) is 0 Å². The predicted molar refractivity (Wildman–Crippen MR) is 92.0 cm³/mol. The number of aromatic hydroxyl groups is 1. The molecule has 0 aromatic heterocycles. The second-order valence-corrected chi connectivity index (χ2v) is 5.77. The molecule has 0 radical (unpaired) electrons. The molecule has 23 heavy (non-hydrogen) atoms. The van der Waals surface area contributed by atoms with Gasteiger partial charge in [-0.05, 0) is 38.1 Å². The molecule has 2 atom stereocenters. The molecule has 4 nitrogen and oxygen atoms in total. The number of rotatable bonds is 1. The molecule has 1 aliphatic heterocycles. The van der Waals surface area contributed by atoms with Crippen LogP contribution in [0.25, 0.3) is 0 Å². The van der Waals surface area contributed by atoms with Crippen molar-refractivity contribution >= 4 is 12.4 Å². The van der Waals surface area contributed by atoms with Gasteiger partial charge in [0.2, 0.25) is 0 Å². The summed E-state index contributed by atoms with van der Waals surface area (Å²) < 4.78 is 8.04. The summed E-state index contributed by atoms with van der Waals surface area (Å²) in [6.45, 7) is 4.60. The number of phenols is 1. The average Bonchev–Trinajstić information content (AvgIpc) is 2.62. The number of hydrogen-bond donors (Lipinski definition) is 1. The van der Waals surface area contributed by atoms with Crippen molar-refractivity contribution in [1.82, 2.24) is 0 Å². The van der Waals surface area contributed by atoms with Crippen LogP contribution in [0.2, 0.25) is 0 Å². The molecular weight excluding hydrogens is 288 g/mol. The quantitative estimate of drug-likeness (QED) is 0.823. The summed E-state index contributed by atoms with van der Waals surface area (Å²) in [6.07, 6.45) is 3.81. The molecule has 0 bridgehead atoms. The molecule has 4 heteroatoms. The number of fused-ring (bicyclic) bond motifs is 1. The highest BCUT2D eigenvalue weighted by atomic mass is 16.5. The molecule has 0 amide bonds. The molecule has 0 fully saturated rings. The van der Waals surface area contributed by atoms with Crippen LogP contribution in [-0.4, -0.2) is 40.9 Å². The third-order valence-corrected chi connectivity index (χ3v) is 4.20. The van der Waals surface area contributed by atoms with Gasteiger partial charge in [-0.1, -0.05) is 24.3 Å². The summed E-state index contributed by atoms with van der Waals surface area (Å²) in [4.78, 5) is 4.65. The lowest BCUT2D eigenvalue weighted by Gasteiger charge is -2.15. The second-order valence-electron chi connectivity index (χ2n) is 5.77. The molecule has 3 rings (SSSR count). The number of aliphatic imine (C=N–C) groups is 1. The van der Waals surface area contributed by atoms with Crippen molar-refractivity contribution in [3.8, 4) is 11.5 Å². The highest BCUT2D eigenvalue weighted by Gasteiger charge is 2.24. The second kappa shape index (κ2) is 6.65. The summed E-state index contributed by atoms with van der Waals surface area (Å²) in [5.74, 6) is 1.07. The maximum Gasteiger partial charge on any atom is 0.287 e. The van der Waals surface area contributed by atoms with E-state index in [1.807, 2.05) is 54.9 Å². The van der Waals surface area contributed by atoms with Crippen LogP contribution in [0, 0.1) is 0 Å². The highest BCUT2D eigenvalue weighted by molar-refractivity contribution is 5.83. The number of benzene rings is 2. The van der Waals surface area contributed by atoms with E-state index in [0.29, 0.717) is 6.73 Å². The van der Waals surface area contributed by atoms with Gasteiger partial charge in [-0.2, -0.15) is 4.58 Å². The lowest BCUT2D eigenvalue weighted by molar-refractivity contribution is -0.587. The molecule has 0 saturated heterocycles. The first-order valence-corrected chi connectivity index (χ1v) is 7.79. The van der Waals surface area contributed by atoms with Gasteiger partial charge in [-0.3, -0.25) is 4.99 Å².